The summed E-state index contributed by atoms with van der Waals surface area (Å²) in [6.07, 6.45) is -0.712. The first-order valence-corrected chi connectivity index (χ1v) is 8.68. The lowest BCUT2D eigenvalue weighted by molar-refractivity contribution is 0.0926. The number of hydrogen-bond donors (Lipinski definition) is 5. The summed E-state index contributed by atoms with van der Waals surface area (Å²) in [5.41, 5.74) is 1.77. The van der Waals surface area contributed by atoms with Crippen molar-refractivity contribution in [1.29, 1.82) is 0 Å². The predicted octanol–water partition coefficient (Wildman–Crippen LogP) is 2.01. The molecule has 0 fully saturated rings. The number of halogens is 1. The Morgan fingerprint density at radius 1 is 1.08 bits per heavy atom. The van der Waals surface area contributed by atoms with Crippen molar-refractivity contribution in [3.05, 3.63) is 45.6 Å². The molecule has 2 rings (SSSR count). The Kier molecular flexibility index (Phi) is 7.33. The smallest absolute Gasteiger partial charge is 0.261 e. The summed E-state index contributed by atoms with van der Waals surface area (Å²) in [4.78, 5) is 12.4. The van der Waals surface area contributed by atoms with Crippen LogP contribution < -0.4 is 16.0 Å². The van der Waals surface area contributed by atoms with E-state index in [1.54, 1.807) is 12.1 Å². The first-order valence-electron chi connectivity index (χ1n) is 7.48. The minimum Gasteiger partial charge on any atom is -0.395 e. The molecule has 0 aliphatic carbocycles. The van der Waals surface area contributed by atoms with Gasteiger partial charge in [-0.2, -0.15) is 0 Å². The summed E-state index contributed by atoms with van der Waals surface area (Å²) < 4.78 is 0.555. The van der Waals surface area contributed by atoms with Crippen molar-refractivity contribution in [2.45, 2.75) is 6.10 Å². The van der Waals surface area contributed by atoms with E-state index in [0.29, 0.717) is 22.3 Å². The van der Waals surface area contributed by atoms with Gasteiger partial charge in [0.1, 0.15) is 0 Å². The largest absolute Gasteiger partial charge is 0.395 e. The zero-order chi connectivity index (χ0) is 17.4. The van der Waals surface area contributed by atoms with Crippen molar-refractivity contribution in [3.63, 3.8) is 0 Å². The van der Waals surface area contributed by atoms with Gasteiger partial charge in [0.15, 0.2) is 0 Å². The van der Waals surface area contributed by atoms with Crippen molar-refractivity contribution >= 4 is 40.2 Å². The second-order valence-electron chi connectivity index (χ2n) is 5.08. The number of rotatable bonds is 9. The van der Waals surface area contributed by atoms with Gasteiger partial charge in [-0.3, -0.25) is 4.79 Å². The van der Waals surface area contributed by atoms with Gasteiger partial charge in [-0.1, -0.05) is 11.6 Å². The van der Waals surface area contributed by atoms with Gasteiger partial charge in [0.05, 0.1) is 21.9 Å². The van der Waals surface area contributed by atoms with Crippen LogP contribution in [0.5, 0.6) is 0 Å². The van der Waals surface area contributed by atoms with Crippen LogP contribution in [0.1, 0.15) is 9.67 Å². The van der Waals surface area contributed by atoms with Crippen LogP contribution >= 0.6 is 22.9 Å². The molecule has 1 atom stereocenters. The molecule has 0 aliphatic rings. The topological polar surface area (TPSA) is 93.6 Å². The molecule has 2 aromatic rings. The van der Waals surface area contributed by atoms with E-state index in [4.69, 9.17) is 16.7 Å². The summed E-state index contributed by atoms with van der Waals surface area (Å²) in [5.74, 6) is -0.245. The van der Waals surface area contributed by atoms with Gasteiger partial charge in [0.25, 0.3) is 5.91 Å². The standard InChI is InChI=1S/C16H20ClN3O3S/c17-15-6-5-14(24-15)16(23)20-10-13(22)9-19-12-3-1-11(2-4-12)18-7-8-21/h1-6,13,18-19,21-22H,7-10H2,(H,20,23)/t13-/m1/s1. The molecule has 1 aromatic heterocycles. The van der Waals surface area contributed by atoms with Crippen LogP contribution in [0.2, 0.25) is 4.34 Å². The lowest BCUT2D eigenvalue weighted by Gasteiger charge is -2.14. The average Bonchev–Trinajstić information content (AvgIpc) is 3.03. The second-order valence-corrected chi connectivity index (χ2v) is 6.79. The number of thiophene rings is 1. The molecule has 6 nitrogen and oxygen atoms in total. The van der Waals surface area contributed by atoms with Crippen molar-refractivity contribution in [1.82, 2.24) is 5.32 Å². The monoisotopic (exact) mass is 369 g/mol. The van der Waals surface area contributed by atoms with Gasteiger partial charge in [-0.15, -0.1) is 11.3 Å². The summed E-state index contributed by atoms with van der Waals surface area (Å²) in [6.45, 7) is 1.04. The Balaban J connectivity index is 1.70. The van der Waals surface area contributed by atoms with Gasteiger partial charge < -0.3 is 26.2 Å². The Morgan fingerprint density at radius 2 is 1.75 bits per heavy atom. The molecule has 0 spiro atoms. The number of aliphatic hydroxyl groups is 2. The number of amides is 1. The van der Waals surface area contributed by atoms with E-state index in [0.717, 1.165) is 11.4 Å². The fraction of sp³-hybridized carbons (Fsp3) is 0.312. The van der Waals surface area contributed by atoms with E-state index in [-0.39, 0.29) is 19.1 Å². The van der Waals surface area contributed by atoms with Crippen LogP contribution in [-0.4, -0.2) is 48.5 Å². The molecule has 1 heterocycles. The van der Waals surface area contributed by atoms with Crippen molar-refractivity contribution in [2.75, 3.05) is 36.9 Å². The van der Waals surface area contributed by atoms with E-state index in [9.17, 15) is 9.90 Å². The molecule has 24 heavy (non-hydrogen) atoms. The van der Waals surface area contributed by atoms with Crippen molar-refractivity contribution in [3.8, 4) is 0 Å². The van der Waals surface area contributed by atoms with Crippen LogP contribution in [0.3, 0.4) is 0 Å². The highest BCUT2D eigenvalue weighted by Crippen LogP contribution is 2.21. The van der Waals surface area contributed by atoms with E-state index in [1.165, 1.54) is 11.3 Å². The van der Waals surface area contributed by atoms with Gasteiger partial charge in [-0.05, 0) is 36.4 Å². The molecular formula is C16H20ClN3O3S. The summed E-state index contributed by atoms with van der Waals surface area (Å²) >= 11 is 6.99. The molecule has 0 unspecified atom stereocenters. The predicted molar refractivity (Wildman–Crippen MR) is 98.2 cm³/mol. The first-order chi connectivity index (χ1) is 11.6. The van der Waals surface area contributed by atoms with Crippen molar-refractivity contribution in [2.24, 2.45) is 0 Å². The third-order valence-corrected chi connectivity index (χ3v) is 4.39. The molecule has 0 saturated carbocycles. The highest BCUT2D eigenvalue weighted by molar-refractivity contribution is 7.17. The minimum absolute atomic E-state index is 0.0790. The van der Waals surface area contributed by atoms with E-state index in [1.807, 2.05) is 24.3 Å². The summed E-state index contributed by atoms with van der Waals surface area (Å²) in [6, 6.07) is 10.8. The van der Waals surface area contributed by atoms with Crippen LogP contribution in [-0.2, 0) is 0 Å². The van der Waals surface area contributed by atoms with Crippen molar-refractivity contribution < 1.29 is 15.0 Å². The number of benzene rings is 1. The molecule has 0 bridgehead atoms. The maximum Gasteiger partial charge on any atom is 0.261 e. The van der Waals surface area contributed by atoms with Gasteiger partial charge >= 0.3 is 0 Å². The highest BCUT2D eigenvalue weighted by Gasteiger charge is 2.11. The molecule has 0 saturated heterocycles. The van der Waals surface area contributed by atoms with E-state index in [2.05, 4.69) is 16.0 Å². The van der Waals surface area contributed by atoms with Crippen LogP contribution in [0.25, 0.3) is 0 Å². The number of anilines is 2. The fourth-order valence-corrected chi connectivity index (χ4v) is 2.91. The quantitative estimate of drug-likeness (QED) is 0.466. The number of nitrogens with one attached hydrogen (secondary N) is 3. The average molecular weight is 370 g/mol. The Hall–Kier alpha value is -1.80. The first kappa shape index (κ1) is 18.5. The summed E-state index contributed by atoms with van der Waals surface area (Å²) in [5, 5.41) is 27.5. The molecular weight excluding hydrogens is 350 g/mol. The van der Waals surface area contributed by atoms with E-state index >= 15 is 0 Å². The molecule has 1 aromatic carbocycles. The Morgan fingerprint density at radius 3 is 2.33 bits per heavy atom. The van der Waals surface area contributed by atoms with Crippen LogP contribution in [0, 0.1) is 0 Å². The number of carbonyl (C=O) groups is 1. The van der Waals surface area contributed by atoms with Gasteiger partial charge in [-0.25, -0.2) is 0 Å². The molecule has 1 amide bonds. The SMILES string of the molecule is O=C(NC[C@H](O)CNc1ccc(NCCO)cc1)c1ccc(Cl)s1. The minimum atomic E-state index is -0.712. The van der Waals surface area contributed by atoms with Crippen LogP contribution in [0.4, 0.5) is 11.4 Å². The third-order valence-electron chi connectivity index (χ3n) is 3.16. The zero-order valence-corrected chi connectivity index (χ0v) is 14.5. The zero-order valence-electron chi connectivity index (χ0n) is 13.0. The number of hydrogen-bond acceptors (Lipinski definition) is 6. The molecule has 8 heteroatoms. The summed E-state index contributed by atoms with van der Waals surface area (Å²) in [7, 11) is 0. The second kappa shape index (κ2) is 9.48. The molecule has 0 aliphatic heterocycles. The lowest BCUT2D eigenvalue weighted by atomic mass is 10.2. The van der Waals surface area contributed by atoms with Crippen LogP contribution in [0.15, 0.2) is 36.4 Å². The number of carbonyl (C=O) groups excluding carboxylic acids is 1. The Labute approximate surface area is 149 Å². The molecule has 5 N–H and O–H groups in total. The third kappa shape index (κ3) is 6.01. The normalized spacial score (nSPS) is 11.8. The number of aliphatic hydroxyl groups excluding tert-OH is 2. The molecule has 0 radical (unpaired) electrons. The van der Waals surface area contributed by atoms with Gasteiger partial charge in [0.2, 0.25) is 0 Å². The maximum absolute atomic E-state index is 11.8. The van der Waals surface area contributed by atoms with E-state index < -0.39 is 6.10 Å². The van der Waals surface area contributed by atoms with Gasteiger partial charge in [0, 0.05) is 31.0 Å². The fourth-order valence-electron chi connectivity index (χ4n) is 1.95. The lowest BCUT2D eigenvalue weighted by Crippen LogP contribution is -2.35. The molecule has 130 valence electrons. The Bertz CT molecular complexity index is 648. The maximum atomic E-state index is 11.8. The highest BCUT2D eigenvalue weighted by atomic mass is 35.5.